The molecule has 7 nitrogen and oxygen atoms in total. The largest absolute Gasteiger partial charge is 0.465 e. The third-order valence-corrected chi connectivity index (χ3v) is 7.75. The summed E-state index contributed by atoms with van der Waals surface area (Å²) in [5, 5.41) is 3.39. The zero-order chi connectivity index (χ0) is 22.6. The first-order valence-corrected chi connectivity index (χ1v) is 12.9. The zero-order valence-electron chi connectivity index (χ0n) is 18.1. The minimum atomic E-state index is -3.48. The molecule has 31 heavy (non-hydrogen) atoms. The molecule has 0 saturated carbocycles. The maximum atomic E-state index is 12.6. The Balaban J connectivity index is 1.68. The standard InChI is InChI=1S/C22H28N2O5S2/c1-15-9-4-6-11-17(15)24(31(3,27)28)14-8-13-19(25)23-21-20(22(26)29-2)16-10-5-7-12-18(16)30-21/h4,6,9,11H,5,7-8,10,12-14H2,1-3H3,(H,23,25). The Morgan fingerprint density at radius 2 is 1.90 bits per heavy atom. The summed E-state index contributed by atoms with van der Waals surface area (Å²) in [6, 6.07) is 7.26. The molecule has 168 valence electrons. The van der Waals surface area contributed by atoms with E-state index in [1.54, 1.807) is 12.1 Å². The molecule has 1 aliphatic rings. The quantitative estimate of drug-likeness (QED) is 0.598. The number of hydrogen-bond acceptors (Lipinski definition) is 6. The maximum Gasteiger partial charge on any atom is 0.341 e. The number of thiophene rings is 1. The van der Waals surface area contributed by atoms with Crippen molar-refractivity contribution in [1.82, 2.24) is 0 Å². The molecule has 0 unspecified atom stereocenters. The van der Waals surface area contributed by atoms with Crippen LogP contribution in [-0.2, 0) is 32.4 Å². The number of carbonyl (C=O) groups is 2. The molecule has 0 spiro atoms. The van der Waals surface area contributed by atoms with Crippen LogP contribution in [0.4, 0.5) is 10.7 Å². The number of amides is 1. The number of nitrogens with one attached hydrogen (secondary N) is 1. The third kappa shape index (κ3) is 5.46. The maximum absolute atomic E-state index is 12.6. The molecule has 0 radical (unpaired) electrons. The number of para-hydroxylation sites is 1. The van der Waals surface area contributed by atoms with E-state index in [1.165, 1.54) is 22.8 Å². The van der Waals surface area contributed by atoms with Crippen molar-refractivity contribution in [2.24, 2.45) is 0 Å². The van der Waals surface area contributed by atoms with Gasteiger partial charge in [0.1, 0.15) is 5.00 Å². The Bertz CT molecular complexity index is 1080. The third-order valence-electron chi connectivity index (χ3n) is 5.36. The molecule has 1 aliphatic carbocycles. The van der Waals surface area contributed by atoms with Gasteiger partial charge in [-0.05, 0) is 56.2 Å². The molecular weight excluding hydrogens is 436 g/mol. The fraction of sp³-hybridized carbons (Fsp3) is 0.455. The topological polar surface area (TPSA) is 92.8 Å². The summed E-state index contributed by atoms with van der Waals surface area (Å²) < 4.78 is 30.9. The number of rotatable bonds is 8. The van der Waals surface area contributed by atoms with Gasteiger partial charge in [-0.25, -0.2) is 13.2 Å². The Kier molecular flexibility index (Phi) is 7.38. The van der Waals surface area contributed by atoms with Crippen molar-refractivity contribution in [2.75, 3.05) is 29.5 Å². The van der Waals surface area contributed by atoms with E-state index in [1.807, 2.05) is 19.1 Å². The monoisotopic (exact) mass is 464 g/mol. The van der Waals surface area contributed by atoms with Gasteiger partial charge in [-0.1, -0.05) is 18.2 Å². The van der Waals surface area contributed by atoms with E-state index >= 15 is 0 Å². The number of methoxy groups -OCH3 is 1. The first kappa shape index (κ1) is 23.3. The van der Waals surface area contributed by atoms with Crippen LogP contribution < -0.4 is 9.62 Å². The van der Waals surface area contributed by atoms with Crippen LogP contribution in [0.2, 0.25) is 0 Å². The van der Waals surface area contributed by atoms with E-state index in [2.05, 4.69) is 5.32 Å². The van der Waals surface area contributed by atoms with Gasteiger partial charge in [0.05, 0.1) is 24.6 Å². The fourth-order valence-corrected chi connectivity index (χ4v) is 6.17. The second-order valence-corrected chi connectivity index (χ2v) is 10.7. The average molecular weight is 465 g/mol. The zero-order valence-corrected chi connectivity index (χ0v) is 19.7. The highest BCUT2D eigenvalue weighted by Gasteiger charge is 2.27. The van der Waals surface area contributed by atoms with Crippen LogP contribution in [-0.4, -0.2) is 40.2 Å². The predicted octanol–water partition coefficient (Wildman–Crippen LogP) is 3.91. The molecule has 1 heterocycles. The average Bonchev–Trinajstić information content (AvgIpc) is 3.08. The molecule has 0 bridgehead atoms. The van der Waals surface area contributed by atoms with Crippen molar-refractivity contribution in [1.29, 1.82) is 0 Å². The highest BCUT2D eigenvalue weighted by molar-refractivity contribution is 7.92. The number of anilines is 2. The molecule has 0 atom stereocenters. The van der Waals surface area contributed by atoms with Crippen LogP contribution in [0.3, 0.4) is 0 Å². The van der Waals surface area contributed by atoms with Crippen molar-refractivity contribution in [2.45, 2.75) is 45.4 Å². The van der Waals surface area contributed by atoms with E-state index in [0.29, 0.717) is 22.7 Å². The summed E-state index contributed by atoms with van der Waals surface area (Å²) >= 11 is 1.44. The molecule has 2 aromatic rings. The molecule has 3 rings (SSSR count). The first-order chi connectivity index (χ1) is 14.7. The summed E-state index contributed by atoms with van der Waals surface area (Å²) in [6.07, 6.45) is 5.46. The minimum Gasteiger partial charge on any atom is -0.465 e. The van der Waals surface area contributed by atoms with Gasteiger partial charge in [-0.2, -0.15) is 0 Å². The highest BCUT2D eigenvalue weighted by Crippen LogP contribution is 2.38. The van der Waals surface area contributed by atoms with Crippen molar-refractivity contribution in [3.8, 4) is 0 Å². The molecule has 0 aliphatic heterocycles. The molecule has 1 amide bonds. The highest BCUT2D eigenvalue weighted by atomic mass is 32.2. The number of fused-ring (bicyclic) bond motifs is 1. The van der Waals surface area contributed by atoms with Crippen LogP contribution in [0.1, 0.15) is 52.0 Å². The second kappa shape index (κ2) is 9.82. The minimum absolute atomic E-state index is 0.140. The van der Waals surface area contributed by atoms with E-state index in [9.17, 15) is 18.0 Å². The molecule has 1 aromatic heterocycles. The molecule has 1 aromatic carbocycles. The number of hydrogen-bond donors (Lipinski definition) is 1. The van der Waals surface area contributed by atoms with Gasteiger partial charge in [0, 0.05) is 17.8 Å². The van der Waals surface area contributed by atoms with Crippen molar-refractivity contribution < 1.29 is 22.7 Å². The van der Waals surface area contributed by atoms with Gasteiger partial charge in [0.15, 0.2) is 0 Å². The number of sulfonamides is 1. The van der Waals surface area contributed by atoms with E-state index in [4.69, 9.17) is 4.74 Å². The Morgan fingerprint density at radius 1 is 1.19 bits per heavy atom. The van der Waals surface area contributed by atoms with Gasteiger partial charge in [0.25, 0.3) is 0 Å². The summed E-state index contributed by atoms with van der Waals surface area (Å²) in [4.78, 5) is 26.0. The Labute approximate surface area is 187 Å². The lowest BCUT2D eigenvalue weighted by Gasteiger charge is -2.24. The number of ether oxygens (including phenoxy) is 1. The lowest BCUT2D eigenvalue weighted by Crippen LogP contribution is -2.32. The Morgan fingerprint density at radius 3 is 2.58 bits per heavy atom. The molecule has 0 saturated heterocycles. The van der Waals surface area contributed by atoms with E-state index in [-0.39, 0.29) is 18.9 Å². The molecule has 1 N–H and O–H groups in total. The van der Waals surface area contributed by atoms with Gasteiger partial charge in [-0.15, -0.1) is 11.3 Å². The van der Waals surface area contributed by atoms with Crippen LogP contribution >= 0.6 is 11.3 Å². The SMILES string of the molecule is COC(=O)c1c(NC(=O)CCCN(c2ccccc2C)S(C)(=O)=O)sc2c1CCCC2. The van der Waals surface area contributed by atoms with Crippen LogP contribution in [0.5, 0.6) is 0 Å². The van der Waals surface area contributed by atoms with Gasteiger partial charge >= 0.3 is 5.97 Å². The number of nitrogens with zero attached hydrogens (tertiary/aromatic N) is 1. The number of carbonyl (C=O) groups excluding carboxylic acids is 2. The van der Waals surface area contributed by atoms with Gasteiger partial charge in [-0.3, -0.25) is 9.10 Å². The molecular formula is C22H28N2O5S2. The van der Waals surface area contributed by atoms with E-state index in [0.717, 1.165) is 47.9 Å². The lowest BCUT2D eigenvalue weighted by molar-refractivity contribution is -0.116. The number of esters is 1. The first-order valence-electron chi connectivity index (χ1n) is 10.3. The normalized spacial score (nSPS) is 13.4. The van der Waals surface area contributed by atoms with E-state index < -0.39 is 16.0 Å². The van der Waals surface area contributed by atoms with Crippen molar-refractivity contribution in [3.05, 3.63) is 45.8 Å². The predicted molar refractivity (Wildman–Crippen MR) is 124 cm³/mol. The summed E-state index contributed by atoms with van der Waals surface area (Å²) in [6.45, 7) is 2.05. The van der Waals surface area contributed by atoms with Crippen LogP contribution in [0, 0.1) is 6.92 Å². The summed E-state index contributed by atoms with van der Waals surface area (Å²) in [5.41, 5.74) is 2.92. The molecule has 9 heteroatoms. The Hall–Kier alpha value is -2.39. The van der Waals surface area contributed by atoms with Gasteiger partial charge in [0.2, 0.25) is 15.9 Å². The summed E-state index contributed by atoms with van der Waals surface area (Å²) in [5.74, 6) is -0.681. The summed E-state index contributed by atoms with van der Waals surface area (Å²) in [7, 11) is -2.14. The lowest BCUT2D eigenvalue weighted by atomic mass is 9.95. The fourth-order valence-electron chi connectivity index (χ4n) is 3.85. The molecule has 0 fully saturated rings. The van der Waals surface area contributed by atoms with Crippen molar-refractivity contribution >= 4 is 43.9 Å². The van der Waals surface area contributed by atoms with Gasteiger partial charge < -0.3 is 10.1 Å². The smallest absolute Gasteiger partial charge is 0.341 e. The van der Waals surface area contributed by atoms with Crippen molar-refractivity contribution in [3.63, 3.8) is 0 Å². The van der Waals surface area contributed by atoms with Crippen LogP contribution in [0.15, 0.2) is 24.3 Å². The van der Waals surface area contributed by atoms with Crippen LogP contribution in [0.25, 0.3) is 0 Å². The number of benzene rings is 1. The second-order valence-electron chi connectivity index (χ2n) is 7.68. The number of aryl methyl sites for hydroxylation is 2.